The average molecular weight is 489 g/mol. The minimum atomic E-state index is -3.31. The monoisotopic (exact) mass is 488 g/mol. The van der Waals surface area contributed by atoms with Crippen molar-refractivity contribution in [3.63, 3.8) is 0 Å². The zero-order chi connectivity index (χ0) is 24.8. The van der Waals surface area contributed by atoms with Gasteiger partial charge in [0.15, 0.2) is 15.6 Å². The SMILES string of the molecule is CCCCCCCCCCCCCCC(C(=O)c1ccc(S(C)(=O)=O)cc1)c1ccc(F)cc1. The zero-order valence-corrected chi connectivity index (χ0v) is 21.7. The first-order valence-electron chi connectivity index (χ1n) is 12.9. The lowest BCUT2D eigenvalue weighted by molar-refractivity contribution is 0.0953. The summed E-state index contributed by atoms with van der Waals surface area (Å²) < 4.78 is 36.9. The Morgan fingerprint density at radius 1 is 0.735 bits per heavy atom. The Morgan fingerprint density at radius 2 is 1.21 bits per heavy atom. The van der Waals surface area contributed by atoms with E-state index in [9.17, 15) is 17.6 Å². The molecule has 2 rings (SSSR count). The van der Waals surface area contributed by atoms with Crippen molar-refractivity contribution in [2.75, 3.05) is 6.26 Å². The Morgan fingerprint density at radius 3 is 1.68 bits per heavy atom. The molecule has 0 fully saturated rings. The third kappa shape index (κ3) is 10.1. The van der Waals surface area contributed by atoms with Gasteiger partial charge in [0.2, 0.25) is 0 Å². The molecule has 0 N–H and O–H groups in total. The minimum Gasteiger partial charge on any atom is -0.293 e. The van der Waals surface area contributed by atoms with Gasteiger partial charge in [0.05, 0.1) is 4.90 Å². The van der Waals surface area contributed by atoms with Crippen molar-refractivity contribution in [2.24, 2.45) is 0 Å². The van der Waals surface area contributed by atoms with Gasteiger partial charge in [-0.05, 0) is 36.2 Å². The van der Waals surface area contributed by atoms with Crippen LogP contribution >= 0.6 is 0 Å². The van der Waals surface area contributed by atoms with Crippen LogP contribution in [0.15, 0.2) is 53.4 Å². The minimum absolute atomic E-state index is 0.0465. The van der Waals surface area contributed by atoms with Crippen molar-refractivity contribution in [3.8, 4) is 0 Å². The molecule has 0 spiro atoms. The number of hydrogen-bond donors (Lipinski definition) is 0. The molecule has 2 aromatic carbocycles. The Labute approximate surface area is 206 Å². The predicted molar refractivity (Wildman–Crippen MR) is 139 cm³/mol. The van der Waals surface area contributed by atoms with Crippen LogP contribution in [0.3, 0.4) is 0 Å². The molecule has 188 valence electrons. The largest absolute Gasteiger partial charge is 0.293 e. The van der Waals surface area contributed by atoms with E-state index < -0.39 is 9.84 Å². The van der Waals surface area contributed by atoms with Crippen LogP contribution in [0.5, 0.6) is 0 Å². The molecule has 34 heavy (non-hydrogen) atoms. The summed E-state index contributed by atoms with van der Waals surface area (Å²) in [4.78, 5) is 13.5. The fourth-order valence-corrected chi connectivity index (χ4v) is 5.03. The van der Waals surface area contributed by atoms with E-state index in [1.54, 1.807) is 24.3 Å². The van der Waals surface area contributed by atoms with Gasteiger partial charge in [-0.25, -0.2) is 12.8 Å². The van der Waals surface area contributed by atoms with Gasteiger partial charge in [-0.2, -0.15) is 0 Å². The molecule has 2 aromatic rings. The van der Waals surface area contributed by atoms with E-state index in [0.717, 1.165) is 24.7 Å². The molecule has 0 saturated heterocycles. The summed E-state index contributed by atoms with van der Waals surface area (Å²) in [5, 5.41) is 0. The van der Waals surface area contributed by atoms with E-state index in [4.69, 9.17) is 0 Å². The van der Waals surface area contributed by atoms with Crippen LogP contribution < -0.4 is 0 Å². The van der Waals surface area contributed by atoms with Gasteiger partial charge in [-0.15, -0.1) is 0 Å². The molecule has 3 nitrogen and oxygen atoms in total. The molecule has 0 heterocycles. The molecule has 0 aromatic heterocycles. The third-order valence-corrected chi connectivity index (χ3v) is 7.63. The van der Waals surface area contributed by atoms with Crippen LogP contribution in [0.4, 0.5) is 4.39 Å². The Bertz CT molecular complexity index is 950. The number of benzene rings is 2. The molecule has 0 amide bonds. The Kier molecular flexibility index (Phi) is 12.5. The molecular formula is C29H41FO3S. The van der Waals surface area contributed by atoms with E-state index in [1.165, 1.54) is 88.5 Å². The number of unbranched alkanes of at least 4 members (excludes halogenated alkanes) is 11. The number of sulfone groups is 1. The molecular weight excluding hydrogens is 447 g/mol. The summed E-state index contributed by atoms with van der Waals surface area (Å²) in [6, 6.07) is 12.3. The highest BCUT2D eigenvalue weighted by Crippen LogP contribution is 2.28. The van der Waals surface area contributed by atoms with Gasteiger partial charge < -0.3 is 0 Å². The van der Waals surface area contributed by atoms with Gasteiger partial charge in [-0.3, -0.25) is 4.79 Å². The molecule has 0 bridgehead atoms. The number of ketones is 1. The first kappa shape index (κ1) is 28.2. The van der Waals surface area contributed by atoms with Gasteiger partial charge in [-0.1, -0.05) is 108 Å². The summed E-state index contributed by atoms with van der Waals surface area (Å²) in [5.41, 5.74) is 1.29. The summed E-state index contributed by atoms with van der Waals surface area (Å²) in [6.45, 7) is 2.25. The lowest BCUT2D eigenvalue weighted by Crippen LogP contribution is -2.13. The highest BCUT2D eigenvalue weighted by molar-refractivity contribution is 7.90. The summed E-state index contributed by atoms with van der Waals surface area (Å²) in [7, 11) is -3.31. The molecule has 0 saturated carbocycles. The van der Waals surface area contributed by atoms with Crippen molar-refractivity contribution in [3.05, 3.63) is 65.5 Å². The topological polar surface area (TPSA) is 51.2 Å². The molecule has 1 atom stereocenters. The molecule has 0 aliphatic carbocycles. The fraction of sp³-hybridized carbons (Fsp3) is 0.552. The first-order chi connectivity index (χ1) is 16.3. The van der Waals surface area contributed by atoms with E-state index >= 15 is 0 Å². The van der Waals surface area contributed by atoms with Crippen molar-refractivity contribution < 1.29 is 17.6 Å². The van der Waals surface area contributed by atoms with Crippen molar-refractivity contribution in [2.45, 2.75) is 101 Å². The second-order valence-electron chi connectivity index (χ2n) is 9.44. The zero-order valence-electron chi connectivity index (χ0n) is 20.9. The number of carbonyl (C=O) groups excluding carboxylic acids is 1. The number of halogens is 1. The third-order valence-electron chi connectivity index (χ3n) is 6.50. The van der Waals surface area contributed by atoms with Crippen LogP contribution in [0.1, 0.15) is 112 Å². The standard InChI is InChI=1S/C29H41FO3S/c1-3-4-5-6-7-8-9-10-11-12-13-14-15-28(24-16-20-26(30)21-17-24)29(31)25-18-22-27(23-19-25)34(2,32)33/h16-23,28H,3-15H2,1-2H3. The summed E-state index contributed by atoms with van der Waals surface area (Å²) >= 11 is 0. The van der Waals surface area contributed by atoms with Gasteiger partial charge in [0, 0.05) is 17.7 Å². The van der Waals surface area contributed by atoms with Gasteiger partial charge in [0.25, 0.3) is 0 Å². The molecule has 1 unspecified atom stereocenters. The summed E-state index contributed by atoms with van der Waals surface area (Å²) in [5.74, 6) is -0.722. The molecule has 0 aliphatic rings. The van der Waals surface area contributed by atoms with Crippen molar-refractivity contribution >= 4 is 15.6 Å². The maximum Gasteiger partial charge on any atom is 0.175 e. The van der Waals surface area contributed by atoms with Crippen LogP contribution in [0.2, 0.25) is 0 Å². The van der Waals surface area contributed by atoms with Gasteiger partial charge >= 0.3 is 0 Å². The van der Waals surface area contributed by atoms with Gasteiger partial charge in [0.1, 0.15) is 5.82 Å². The van der Waals surface area contributed by atoms with Crippen LogP contribution in [-0.2, 0) is 9.84 Å². The van der Waals surface area contributed by atoms with Crippen molar-refractivity contribution in [1.82, 2.24) is 0 Å². The number of hydrogen-bond acceptors (Lipinski definition) is 3. The van der Waals surface area contributed by atoms with E-state index in [-0.39, 0.29) is 22.4 Å². The average Bonchev–Trinajstić information content (AvgIpc) is 2.82. The second-order valence-corrected chi connectivity index (χ2v) is 11.5. The lowest BCUT2D eigenvalue weighted by atomic mass is 9.86. The van der Waals surface area contributed by atoms with Crippen LogP contribution in [0, 0.1) is 5.82 Å². The molecule has 0 radical (unpaired) electrons. The fourth-order valence-electron chi connectivity index (χ4n) is 4.40. The lowest BCUT2D eigenvalue weighted by Gasteiger charge is -2.17. The number of rotatable bonds is 17. The molecule has 0 aliphatic heterocycles. The Balaban J connectivity index is 1.84. The highest BCUT2D eigenvalue weighted by atomic mass is 32.2. The first-order valence-corrected chi connectivity index (χ1v) is 14.8. The maximum absolute atomic E-state index is 13.4. The summed E-state index contributed by atoms with van der Waals surface area (Å²) in [6.07, 6.45) is 16.9. The quantitative estimate of drug-likeness (QED) is 0.166. The predicted octanol–water partition coefficient (Wildman–Crippen LogP) is 8.29. The smallest absolute Gasteiger partial charge is 0.175 e. The van der Waals surface area contributed by atoms with Crippen LogP contribution in [0.25, 0.3) is 0 Å². The molecule has 5 heteroatoms. The van der Waals surface area contributed by atoms with Crippen molar-refractivity contribution in [1.29, 1.82) is 0 Å². The van der Waals surface area contributed by atoms with E-state index in [0.29, 0.717) is 12.0 Å². The highest BCUT2D eigenvalue weighted by Gasteiger charge is 2.22. The van der Waals surface area contributed by atoms with Crippen LogP contribution in [-0.4, -0.2) is 20.5 Å². The maximum atomic E-state index is 13.4. The van der Waals surface area contributed by atoms with E-state index in [2.05, 4.69) is 6.92 Å². The second kappa shape index (κ2) is 15.1. The normalized spacial score (nSPS) is 12.6. The number of Topliss-reactive ketones (excluding diaryl/α,β-unsaturated/α-hetero) is 1. The Hall–Kier alpha value is -2.01. The number of carbonyl (C=O) groups is 1. The van der Waals surface area contributed by atoms with E-state index in [1.807, 2.05) is 0 Å².